The van der Waals surface area contributed by atoms with Gasteiger partial charge in [-0.25, -0.2) is 9.97 Å². The lowest BCUT2D eigenvalue weighted by atomic mass is 10.2. The van der Waals surface area contributed by atoms with E-state index in [9.17, 15) is 0 Å². The first-order chi connectivity index (χ1) is 9.02. The molecular formula is C15H27N3O. The van der Waals surface area contributed by atoms with Crippen molar-refractivity contribution in [3.8, 4) is 6.01 Å². The van der Waals surface area contributed by atoms with Crippen molar-refractivity contribution in [3.05, 3.63) is 17.5 Å². The van der Waals surface area contributed by atoms with Crippen molar-refractivity contribution in [1.29, 1.82) is 0 Å². The van der Waals surface area contributed by atoms with Crippen LogP contribution >= 0.6 is 0 Å². The van der Waals surface area contributed by atoms with Gasteiger partial charge in [-0.15, -0.1) is 0 Å². The average Bonchev–Trinajstić information content (AvgIpc) is 2.31. The normalized spacial score (nSPS) is 12.7. The van der Waals surface area contributed by atoms with Crippen molar-refractivity contribution in [2.75, 3.05) is 6.54 Å². The molecule has 0 saturated carbocycles. The van der Waals surface area contributed by atoms with Crippen molar-refractivity contribution in [2.45, 2.75) is 60.1 Å². The molecule has 0 aliphatic rings. The van der Waals surface area contributed by atoms with Crippen LogP contribution < -0.4 is 10.1 Å². The third-order valence-corrected chi connectivity index (χ3v) is 2.93. The van der Waals surface area contributed by atoms with Gasteiger partial charge in [0.25, 0.3) is 0 Å². The maximum absolute atomic E-state index is 5.69. The van der Waals surface area contributed by atoms with Crippen LogP contribution in [0.4, 0.5) is 0 Å². The third-order valence-electron chi connectivity index (χ3n) is 2.93. The number of aromatic nitrogens is 2. The Kier molecular flexibility index (Phi) is 6.78. The van der Waals surface area contributed by atoms with Gasteiger partial charge in [-0.2, -0.15) is 0 Å². The molecule has 19 heavy (non-hydrogen) atoms. The van der Waals surface area contributed by atoms with E-state index in [0.29, 0.717) is 11.9 Å². The van der Waals surface area contributed by atoms with E-state index in [-0.39, 0.29) is 6.10 Å². The Bertz CT molecular complexity index is 380. The number of hydrogen-bond acceptors (Lipinski definition) is 4. The maximum atomic E-state index is 5.69. The molecule has 1 aromatic rings. The lowest BCUT2D eigenvalue weighted by Gasteiger charge is -2.13. The van der Waals surface area contributed by atoms with Gasteiger partial charge in [-0.05, 0) is 32.7 Å². The minimum Gasteiger partial charge on any atom is -0.460 e. The number of nitrogens with zero attached hydrogens (tertiary/aromatic N) is 2. The van der Waals surface area contributed by atoms with Gasteiger partial charge in [0.15, 0.2) is 0 Å². The predicted molar refractivity (Wildman–Crippen MR) is 78.3 cm³/mol. The van der Waals surface area contributed by atoms with Crippen LogP contribution in [0.1, 0.15) is 51.8 Å². The highest BCUT2D eigenvalue weighted by Crippen LogP contribution is 2.11. The lowest BCUT2D eigenvalue weighted by Crippen LogP contribution is -2.20. The maximum Gasteiger partial charge on any atom is 0.316 e. The summed E-state index contributed by atoms with van der Waals surface area (Å²) in [4.78, 5) is 8.71. The Labute approximate surface area is 117 Å². The van der Waals surface area contributed by atoms with Gasteiger partial charge in [-0.1, -0.05) is 27.2 Å². The van der Waals surface area contributed by atoms with E-state index < -0.39 is 0 Å². The Morgan fingerprint density at radius 1 is 1.32 bits per heavy atom. The number of aryl methyl sites for hydroxylation is 1. The van der Waals surface area contributed by atoms with Crippen LogP contribution in [-0.2, 0) is 6.54 Å². The first kappa shape index (κ1) is 15.9. The predicted octanol–water partition coefficient (Wildman–Crippen LogP) is 3.10. The molecule has 0 spiro atoms. The fraction of sp³-hybridized carbons (Fsp3) is 0.733. The molecule has 1 rings (SSSR count). The summed E-state index contributed by atoms with van der Waals surface area (Å²) >= 11 is 0. The Balaban J connectivity index is 2.54. The largest absolute Gasteiger partial charge is 0.460 e. The first-order valence-corrected chi connectivity index (χ1v) is 7.22. The molecule has 108 valence electrons. The van der Waals surface area contributed by atoms with E-state index in [4.69, 9.17) is 4.74 Å². The van der Waals surface area contributed by atoms with Crippen LogP contribution in [0.2, 0.25) is 0 Å². The monoisotopic (exact) mass is 265 g/mol. The van der Waals surface area contributed by atoms with Gasteiger partial charge < -0.3 is 10.1 Å². The number of ether oxygens (including phenoxy) is 1. The third kappa shape index (κ3) is 6.01. The molecule has 0 radical (unpaired) electrons. The first-order valence-electron chi connectivity index (χ1n) is 7.22. The molecule has 0 bridgehead atoms. The molecule has 1 unspecified atom stereocenters. The van der Waals surface area contributed by atoms with E-state index >= 15 is 0 Å². The molecule has 1 atom stereocenters. The second-order valence-corrected chi connectivity index (χ2v) is 5.51. The zero-order valence-electron chi connectivity index (χ0n) is 12.9. The highest BCUT2D eigenvalue weighted by Gasteiger charge is 2.08. The molecule has 0 amide bonds. The fourth-order valence-electron chi connectivity index (χ4n) is 1.84. The van der Waals surface area contributed by atoms with Crippen molar-refractivity contribution in [3.63, 3.8) is 0 Å². The molecule has 0 aliphatic heterocycles. The van der Waals surface area contributed by atoms with E-state index in [2.05, 4.69) is 43.0 Å². The summed E-state index contributed by atoms with van der Waals surface area (Å²) in [7, 11) is 0. The molecular weight excluding hydrogens is 238 g/mol. The second kappa shape index (κ2) is 8.10. The highest BCUT2D eigenvalue weighted by molar-refractivity contribution is 5.17. The van der Waals surface area contributed by atoms with E-state index in [1.165, 1.54) is 0 Å². The molecule has 1 heterocycles. The summed E-state index contributed by atoms with van der Waals surface area (Å²) in [5, 5.41) is 3.40. The van der Waals surface area contributed by atoms with Crippen LogP contribution in [0.15, 0.2) is 6.20 Å². The zero-order valence-corrected chi connectivity index (χ0v) is 12.9. The molecule has 0 aliphatic carbocycles. The Morgan fingerprint density at radius 3 is 2.63 bits per heavy atom. The Hall–Kier alpha value is -1.16. The number of nitrogens with one attached hydrogen (secondary N) is 1. The molecule has 0 saturated heterocycles. The van der Waals surface area contributed by atoms with E-state index in [1.54, 1.807) is 0 Å². The Morgan fingerprint density at radius 2 is 2.05 bits per heavy atom. The summed E-state index contributed by atoms with van der Waals surface area (Å²) in [6, 6.07) is 0.492. The minimum atomic E-state index is 0.175. The summed E-state index contributed by atoms with van der Waals surface area (Å²) in [6.45, 7) is 12.4. The lowest BCUT2D eigenvalue weighted by molar-refractivity contribution is 0.192. The summed E-state index contributed by atoms with van der Waals surface area (Å²) < 4.78 is 5.69. The molecule has 4 heteroatoms. The smallest absolute Gasteiger partial charge is 0.316 e. The molecule has 0 aromatic carbocycles. The fourth-order valence-corrected chi connectivity index (χ4v) is 1.84. The van der Waals surface area contributed by atoms with Crippen LogP contribution in [-0.4, -0.2) is 22.6 Å². The van der Waals surface area contributed by atoms with E-state index in [0.717, 1.165) is 37.2 Å². The van der Waals surface area contributed by atoms with Gasteiger partial charge in [0.05, 0.1) is 6.10 Å². The van der Waals surface area contributed by atoms with Crippen molar-refractivity contribution in [2.24, 2.45) is 5.92 Å². The standard InChI is InChI=1S/C15H27N3O/c1-6-7-12(4)19-15-17-10-14(13(5)18-15)9-16-8-11(2)3/h10-12,16H,6-9H2,1-5H3. The average molecular weight is 265 g/mol. The van der Waals surface area contributed by atoms with E-state index in [1.807, 2.05) is 13.1 Å². The van der Waals surface area contributed by atoms with Crippen molar-refractivity contribution >= 4 is 0 Å². The van der Waals surface area contributed by atoms with Gasteiger partial charge >= 0.3 is 6.01 Å². The quantitative estimate of drug-likeness (QED) is 0.784. The van der Waals surface area contributed by atoms with Crippen LogP contribution in [0.25, 0.3) is 0 Å². The van der Waals surface area contributed by atoms with Gasteiger partial charge in [0, 0.05) is 24.0 Å². The van der Waals surface area contributed by atoms with Crippen molar-refractivity contribution in [1.82, 2.24) is 15.3 Å². The summed E-state index contributed by atoms with van der Waals surface area (Å²) in [6.07, 6.45) is 4.18. The van der Waals surface area contributed by atoms with Gasteiger partial charge in [-0.3, -0.25) is 0 Å². The molecule has 1 aromatic heterocycles. The number of hydrogen-bond donors (Lipinski definition) is 1. The summed E-state index contributed by atoms with van der Waals surface area (Å²) in [5.41, 5.74) is 2.13. The molecule has 4 nitrogen and oxygen atoms in total. The van der Waals surface area contributed by atoms with Gasteiger partial charge in [0.2, 0.25) is 0 Å². The van der Waals surface area contributed by atoms with Crippen LogP contribution in [0.3, 0.4) is 0 Å². The topological polar surface area (TPSA) is 47.0 Å². The van der Waals surface area contributed by atoms with Crippen LogP contribution in [0.5, 0.6) is 6.01 Å². The zero-order chi connectivity index (χ0) is 14.3. The van der Waals surface area contributed by atoms with Crippen molar-refractivity contribution < 1.29 is 4.74 Å². The molecule has 0 fully saturated rings. The van der Waals surface area contributed by atoms with Crippen LogP contribution in [0, 0.1) is 12.8 Å². The highest BCUT2D eigenvalue weighted by atomic mass is 16.5. The SMILES string of the molecule is CCCC(C)Oc1ncc(CNCC(C)C)c(C)n1. The summed E-state index contributed by atoms with van der Waals surface area (Å²) in [5.74, 6) is 0.652. The minimum absolute atomic E-state index is 0.175. The second-order valence-electron chi connectivity index (χ2n) is 5.51. The van der Waals surface area contributed by atoms with Gasteiger partial charge in [0.1, 0.15) is 0 Å². The number of rotatable bonds is 8. The molecule has 1 N–H and O–H groups in total.